The van der Waals surface area contributed by atoms with E-state index in [4.69, 9.17) is 34.2 Å². The van der Waals surface area contributed by atoms with Crippen LogP contribution in [0.5, 0.6) is 0 Å². The van der Waals surface area contributed by atoms with Crippen LogP contribution >= 0.6 is 0 Å². The average Bonchev–Trinajstić information content (AvgIpc) is 3.28. The number of methoxy groups -OCH3 is 2. The number of hydrogen-bond acceptors (Lipinski definition) is 11. The van der Waals surface area contributed by atoms with Crippen molar-refractivity contribution < 1.29 is 51.9 Å². The fraction of sp³-hybridized carbons (Fsp3) is 0.481. The van der Waals surface area contributed by atoms with Gasteiger partial charge in [0, 0.05) is 44.7 Å². The van der Waals surface area contributed by atoms with E-state index in [0.29, 0.717) is 0 Å². The molecule has 7 atom stereocenters. The van der Waals surface area contributed by atoms with E-state index in [9.17, 15) is 33.1 Å². The van der Waals surface area contributed by atoms with Gasteiger partial charge in [-0.25, -0.2) is 13.6 Å². The van der Waals surface area contributed by atoms with E-state index in [1.54, 1.807) is 13.8 Å². The lowest BCUT2D eigenvalue weighted by molar-refractivity contribution is -0.245. The number of ether oxygens (including phenoxy) is 6. The normalized spacial score (nSPS) is 26.0. The first kappa shape index (κ1) is 32.9. The van der Waals surface area contributed by atoms with Crippen molar-refractivity contribution in [2.45, 2.75) is 69.1 Å². The third-order valence-corrected chi connectivity index (χ3v) is 6.87. The maximum absolute atomic E-state index is 13.7. The fourth-order valence-corrected chi connectivity index (χ4v) is 4.65. The Hall–Kier alpha value is -4.00. The number of aromatic nitrogens is 2. The number of halogens is 2. The van der Waals surface area contributed by atoms with E-state index in [1.807, 2.05) is 4.98 Å². The Balaban J connectivity index is 1.59. The van der Waals surface area contributed by atoms with Gasteiger partial charge in [-0.05, 0) is 32.1 Å². The molecule has 1 saturated heterocycles. The van der Waals surface area contributed by atoms with Gasteiger partial charge >= 0.3 is 5.69 Å². The minimum Gasteiger partial charge on any atom is -0.459 e. The monoisotopic (exact) mass is 626 g/mol. The summed E-state index contributed by atoms with van der Waals surface area (Å²) in [5.41, 5.74) is 3.99. The summed E-state index contributed by atoms with van der Waals surface area (Å²) in [6.45, 7) is 3.21. The zero-order chi connectivity index (χ0) is 32.3. The molecule has 1 aromatic heterocycles. The zero-order valence-electron chi connectivity index (χ0n) is 24.0. The molecule has 4 rings (SSSR count). The van der Waals surface area contributed by atoms with Gasteiger partial charge in [-0.2, -0.15) is 0 Å². The molecule has 2 aliphatic rings. The van der Waals surface area contributed by atoms with Crippen LogP contribution < -0.4 is 22.3 Å². The number of aromatic amines is 1. The Morgan fingerprint density at radius 2 is 1.93 bits per heavy atom. The molecular formula is C27H32F2N4O11. The fourth-order valence-electron chi connectivity index (χ4n) is 4.65. The lowest BCUT2D eigenvalue weighted by Gasteiger charge is -2.35. The third kappa shape index (κ3) is 7.37. The molecule has 2 aromatic rings. The van der Waals surface area contributed by atoms with E-state index in [1.165, 1.54) is 20.3 Å². The van der Waals surface area contributed by atoms with Crippen LogP contribution in [0.3, 0.4) is 0 Å². The van der Waals surface area contributed by atoms with Gasteiger partial charge in [-0.3, -0.25) is 23.9 Å². The Bertz CT molecular complexity index is 1530. The molecule has 44 heavy (non-hydrogen) atoms. The quantitative estimate of drug-likeness (QED) is 0.245. The SMILES string of the molecule is CO[C@H]1[C@@H](O)[C@H](n2ccc(=O)[nH]c2=O)O[C@@H]1[C@@H](O[C@@H]1C[C@@H](OC(C)(C)OC)C=C(C(=O)Nc2ccc(F)c(F)c2)O1)C(N)=O. The highest BCUT2D eigenvalue weighted by molar-refractivity contribution is 6.02. The summed E-state index contributed by atoms with van der Waals surface area (Å²) in [5.74, 6) is -5.77. The largest absolute Gasteiger partial charge is 0.459 e. The van der Waals surface area contributed by atoms with Gasteiger partial charge in [0.2, 0.25) is 12.2 Å². The third-order valence-electron chi connectivity index (χ3n) is 6.87. The summed E-state index contributed by atoms with van der Waals surface area (Å²) in [5, 5.41) is 13.3. The van der Waals surface area contributed by atoms with E-state index in [0.717, 1.165) is 35.0 Å². The predicted octanol–water partition coefficient (Wildman–Crippen LogP) is -0.00470. The second-order valence-electron chi connectivity index (χ2n) is 10.3. The number of nitrogens with one attached hydrogen (secondary N) is 2. The Labute approximate surface area is 248 Å². The summed E-state index contributed by atoms with van der Waals surface area (Å²) < 4.78 is 62.0. The minimum absolute atomic E-state index is 0.0778. The second kappa shape index (κ2) is 13.3. The summed E-state index contributed by atoms with van der Waals surface area (Å²) in [6.07, 6.45) is -7.27. The van der Waals surface area contributed by atoms with Gasteiger partial charge in [0.05, 0.1) is 6.10 Å². The molecule has 0 saturated carbocycles. The van der Waals surface area contributed by atoms with Crippen molar-refractivity contribution in [1.29, 1.82) is 0 Å². The van der Waals surface area contributed by atoms with E-state index >= 15 is 0 Å². The average molecular weight is 627 g/mol. The number of nitrogens with zero attached hydrogens (tertiary/aromatic N) is 1. The lowest BCUT2D eigenvalue weighted by atomic mass is 10.0. The van der Waals surface area contributed by atoms with Crippen LogP contribution in [0.15, 0.2) is 51.9 Å². The van der Waals surface area contributed by atoms with Crippen LogP contribution in [0.4, 0.5) is 14.5 Å². The second-order valence-corrected chi connectivity index (χ2v) is 10.3. The van der Waals surface area contributed by atoms with Gasteiger partial charge in [-0.1, -0.05) is 0 Å². The molecule has 17 heteroatoms. The van der Waals surface area contributed by atoms with Crippen LogP contribution in [0.1, 0.15) is 26.5 Å². The minimum atomic E-state index is -1.67. The van der Waals surface area contributed by atoms with E-state index < -0.39 is 83.5 Å². The molecule has 240 valence electrons. The van der Waals surface area contributed by atoms with Crippen molar-refractivity contribution in [1.82, 2.24) is 9.55 Å². The molecule has 5 N–H and O–H groups in total. The number of primary amides is 1. The molecule has 0 bridgehead atoms. The van der Waals surface area contributed by atoms with Crippen LogP contribution in [0, 0.1) is 11.6 Å². The number of carbonyl (C=O) groups excluding carboxylic acids is 2. The van der Waals surface area contributed by atoms with E-state index in [-0.39, 0.29) is 17.9 Å². The predicted molar refractivity (Wildman–Crippen MR) is 145 cm³/mol. The van der Waals surface area contributed by atoms with Crippen LogP contribution in [0.2, 0.25) is 0 Å². The number of rotatable bonds is 11. The summed E-state index contributed by atoms with van der Waals surface area (Å²) >= 11 is 0. The highest BCUT2D eigenvalue weighted by atomic mass is 19.2. The van der Waals surface area contributed by atoms with Crippen molar-refractivity contribution in [2.75, 3.05) is 19.5 Å². The molecule has 1 fully saturated rings. The molecule has 0 radical (unpaired) electrons. The zero-order valence-corrected chi connectivity index (χ0v) is 24.0. The molecule has 3 heterocycles. The summed E-state index contributed by atoms with van der Waals surface area (Å²) in [4.78, 5) is 51.6. The van der Waals surface area contributed by atoms with Crippen LogP contribution in [0.25, 0.3) is 0 Å². The standard InChI is InChI=1S/C27H32F2N4O11/c1-27(2,40-4)44-13-10-16(24(37)31-12-5-6-14(28)15(29)9-12)41-18(11-13)42-22(23(30)36)21-20(39-3)19(35)25(43-21)33-8-7-17(34)32-26(33)38/h5-10,13,18-22,25,35H,11H2,1-4H3,(H2,30,36)(H,31,37)(H,32,34,38)/t13-,18+,19+,20-,21-,22+,25+/m0/s1. The Morgan fingerprint density at radius 1 is 1.20 bits per heavy atom. The van der Waals surface area contributed by atoms with Gasteiger partial charge < -0.3 is 44.6 Å². The number of benzene rings is 1. The number of amides is 2. The highest BCUT2D eigenvalue weighted by Crippen LogP contribution is 2.35. The number of H-pyrrole nitrogens is 1. The number of aliphatic hydroxyl groups excluding tert-OH is 1. The first-order chi connectivity index (χ1) is 20.7. The number of anilines is 1. The van der Waals surface area contributed by atoms with Crippen molar-refractivity contribution in [3.63, 3.8) is 0 Å². The number of nitrogens with two attached hydrogens (primary N) is 1. The first-order valence-electron chi connectivity index (χ1n) is 13.2. The molecule has 2 aliphatic heterocycles. The maximum atomic E-state index is 13.7. The topological polar surface area (TPSA) is 203 Å². The van der Waals surface area contributed by atoms with Crippen LogP contribution in [-0.4, -0.2) is 83.3 Å². The first-order valence-corrected chi connectivity index (χ1v) is 13.2. The van der Waals surface area contributed by atoms with Crippen molar-refractivity contribution in [3.05, 3.63) is 74.8 Å². The molecule has 15 nitrogen and oxygen atoms in total. The summed E-state index contributed by atoms with van der Waals surface area (Å²) in [6, 6.07) is 3.77. The molecule has 1 aromatic carbocycles. The van der Waals surface area contributed by atoms with Gasteiger partial charge in [-0.15, -0.1) is 0 Å². The van der Waals surface area contributed by atoms with Gasteiger partial charge in [0.1, 0.15) is 18.3 Å². The lowest BCUT2D eigenvalue weighted by Crippen LogP contribution is -2.50. The number of carbonyl (C=O) groups is 2. The molecular weight excluding hydrogens is 594 g/mol. The number of aliphatic hydroxyl groups is 1. The van der Waals surface area contributed by atoms with Crippen molar-refractivity contribution in [3.8, 4) is 0 Å². The van der Waals surface area contributed by atoms with Gasteiger partial charge in [0.25, 0.3) is 11.5 Å². The Morgan fingerprint density at radius 3 is 2.55 bits per heavy atom. The van der Waals surface area contributed by atoms with Crippen molar-refractivity contribution >= 4 is 17.5 Å². The van der Waals surface area contributed by atoms with Crippen LogP contribution in [-0.2, 0) is 38.0 Å². The molecule has 0 aliphatic carbocycles. The number of hydrogen-bond donors (Lipinski definition) is 4. The smallest absolute Gasteiger partial charge is 0.330 e. The van der Waals surface area contributed by atoms with Gasteiger partial charge in [0.15, 0.2) is 35.5 Å². The van der Waals surface area contributed by atoms with E-state index in [2.05, 4.69) is 5.32 Å². The molecule has 2 amide bonds. The highest BCUT2D eigenvalue weighted by Gasteiger charge is 2.52. The van der Waals surface area contributed by atoms with Crippen molar-refractivity contribution in [2.24, 2.45) is 5.73 Å². The Kier molecular flexibility index (Phi) is 9.97. The molecule has 0 spiro atoms. The maximum Gasteiger partial charge on any atom is 0.330 e. The molecule has 0 unspecified atom stereocenters. The summed E-state index contributed by atoms with van der Waals surface area (Å²) in [7, 11) is 2.62.